The number of halogens is 1. The molecule has 0 spiro atoms. The van der Waals surface area contributed by atoms with Gasteiger partial charge in [0.1, 0.15) is 23.4 Å². The van der Waals surface area contributed by atoms with Crippen LogP contribution in [0.4, 0.5) is 0 Å². The van der Waals surface area contributed by atoms with Crippen molar-refractivity contribution in [2.75, 3.05) is 21.3 Å². The Hall–Kier alpha value is -1.50. The molecule has 1 aliphatic rings. The molecule has 1 heterocycles. The Bertz CT molecular complexity index is 789. The van der Waals surface area contributed by atoms with Crippen molar-refractivity contribution >= 4 is 26.7 Å². The summed E-state index contributed by atoms with van der Waals surface area (Å²) in [7, 11) is 4.83. The number of hydrogen-bond acceptors (Lipinski definition) is 5. The first-order valence-electron chi connectivity index (χ1n) is 7.73. The molecule has 0 bridgehead atoms. The van der Waals surface area contributed by atoms with Crippen molar-refractivity contribution in [3.8, 4) is 17.2 Å². The summed E-state index contributed by atoms with van der Waals surface area (Å²) in [5.74, 6) is 1.97. The predicted molar refractivity (Wildman–Crippen MR) is 95.2 cm³/mol. The fourth-order valence-corrected chi connectivity index (χ4v) is 4.16. The standard InChI is InChI=1S/C18H21BrO5/c1-8-13-15(17(20)9(2)24-8)16(19)11-6-10(21-3)7-12(22-4)14(11)18(13)23-5/h6-9,17,20H,1-5H3/t8-,9+,17-/m0/s1. The van der Waals surface area contributed by atoms with E-state index in [-0.39, 0.29) is 12.2 Å². The van der Waals surface area contributed by atoms with Crippen molar-refractivity contribution in [1.82, 2.24) is 0 Å². The summed E-state index contributed by atoms with van der Waals surface area (Å²) in [5.41, 5.74) is 1.63. The molecule has 0 saturated carbocycles. The molecule has 0 amide bonds. The van der Waals surface area contributed by atoms with E-state index in [1.807, 2.05) is 26.0 Å². The zero-order valence-corrected chi connectivity index (χ0v) is 15.9. The van der Waals surface area contributed by atoms with Crippen LogP contribution in [0.2, 0.25) is 0 Å². The summed E-state index contributed by atoms with van der Waals surface area (Å²) in [6.45, 7) is 3.82. The largest absolute Gasteiger partial charge is 0.497 e. The van der Waals surface area contributed by atoms with Gasteiger partial charge >= 0.3 is 0 Å². The van der Waals surface area contributed by atoms with Gasteiger partial charge in [-0.1, -0.05) is 0 Å². The van der Waals surface area contributed by atoms with Crippen LogP contribution < -0.4 is 14.2 Å². The maximum absolute atomic E-state index is 10.7. The third-order valence-electron chi connectivity index (χ3n) is 4.54. The molecule has 130 valence electrons. The molecule has 3 atom stereocenters. The summed E-state index contributed by atoms with van der Waals surface area (Å²) in [5, 5.41) is 12.4. The van der Waals surface area contributed by atoms with Gasteiger partial charge in [0.05, 0.1) is 38.9 Å². The topological polar surface area (TPSA) is 57.2 Å². The van der Waals surface area contributed by atoms with Crippen molar-refractivity contribution in [3.63, 3.8) is 0 Å². The van der Waals surface area contributed by atoms with E-state index in [4.69, 9.17) is 18.9 Å². The van der Waals surface area contributed by atoms with E-state index < -0.39 is 6.10 Å². The highest BCUT2D eigenvalue weighted by atomic mass is 79.9. The van der Waals surface area contributed by atoms with Crippen molar-refractivity contribution < 1.29 is 24.1 Å². The number of ether oxygens (including phenoxy) is 4. The molecular formula is C18H21BrO5. The van der Waals surface area contributed by atoms with Crippen LogP contribution in [0.1, 0.15) is 37.2 Å². The van der Waals surface area contributed by atoms with E-state index in [1.165, 1.54) is 0 Å². The van der Waals surface area contributed by atoms with Crippen molar-refractivity contribution in [3.05, 3.63) is 27.7 Å². The molecule has 0 fully saturated rings. The molecular weight excluding hydrogens is 376 g/mol. The maximum atomic E-state index is 10.7. The second-order valence-electron chi connectivity index (χ2n) is 5.86. The lowest BCUT2D eigenvalue weighted by molar-refractivity contribution is -0.0818. The SMILES string of the molecule is COc1cc(OC)c2c(OC)c3c(c(Br)c2c1)[C@@H](O)[C@@H](C)O[C@H]3C. The highest BCUT2D eigenvalue weighted by Crippen LogP contribution is 2.52. The van der Waals surface area contributed by atoms with Crippen LogP contribution in [0.3, 0.4) is 0 Å². The Kier molecular flexibility index (Phi) is 4.64. The van der Waals surface area contributed by atoms with Gasteiger partial charge in [0.15, 0.2) is 0 Å². The monoisotopic (exact) mass is 396 g/mol. The zero-order chi connectivity index (χ0) is 17.6. The molecule has 3 rings (SSSR count). The summed E-state index contributed by atoms with van der Waals surface area (Å²) < 4.78 is 23.3. The van der Waals surface area contributed by atoms with E-state index >= 15 is 0 Å². The molecule has 0 radical (unpaired) electrons. The van der Waals surface area contributed by atoms with Crippen molar-refractivity contribution in [2.45, 2.75) is 32.2 Å². The minimum absolute atomic E-state index is 0.208. The van der Waals surface area contributed by atoms with Gasteiger partial charge in [-0.05, 0) is 35.8 Å². The second kappa shape index (κ2) is 6.43. The third-order valence-corrected chi connectivity index (χ3v) is 5.39. The molecule has 6 heteroatoms. The Morgan fingerprint density at radius 2 is 1.75 bits per heavy atom. The Labute approximate surface area is 149 Å². The molecule has 0 aromatic heterocycles. The molecule has 0 saturated heterocycles. The first-order chi connectivity index (χ1) is 11.4. The van der Waals surface area contributed by atoms with E-state index in [0.717, 1.165) is 26.4 Å². The Morgan fingerprint density at radius 3 is 2.33 bits per heavy atom. The number of hydrogen-bond donors (Lipinski definition) is 1. The average molecular weight is 397 g/mol. The summed E-state index contributed by atoms with van der Waals surface area (Å²) in [6, 6.07) is 3.72. The lowest BCUT2D eigenvalue weighted by Crippen LogP contribution is -2.28. The Morgan fingerprint density at radius 1 is 1.04 bits per heavy atom. The number of aliphatic hydroxyl groups is 1. The summed E-state index contributed by atoms with van der Waals surface area (Å²) in [4.78, 5) is 0. The Balaban J connectivity index is 2.49. The van der Waals surface area contributed by atoms with Crippen molar-refractivity contribution in [1.29, 1.82) is 0 Å². The van der Waals surface area contributed by atoms with Gasteiger partial charge in [0.2, 0.25) is 0 Å². The second-order valence-corrected chi connectivity index (χ2v) is 6.65. The van der Waals surface area contributed by atoms with Crippen molar-refractivity contribution in [2.24, 2.45) is 0 Å². The van der Waals surface area contributed by atoms with Crippen LogP contribution in [0.5, 0.6) is 17.2 Å². The van der Waals surface area contributed by atoms with Gasteiger partial charge < -0.3 is 24.1 Å². The van der Waals surface area contributed by atoms with E-state index in [2.05, 4.69) is 15.9 Å². The first-order valence-corrected chi connectivity index (χ1v) is 8.52. The highest BCUT2D eigenvalue weighted by Gasteiger charge is 2.36. The number of benzene rings is 2. The number of aliphatic hydroxyl groups excluding tert-OH is 1. The van der Waals surface area contributed by atoms with Gasteiger partial charge in [-0.25, -0.2) is 0 Å². The summed E-state index contributed by atoms with van der Waals surface area (Å²) >= 11 is 3.67. The highest BCUT2D eigenvalue weighted by molar-refractivity contribution is 9.10. The van der Waals surface area contributed by atoms with E-state index in [0.29, 0.717) is 17.2 Å². The van der Waals surface area contributed by atoms with Gasteiger partial charge in [-0.3, -0.25) is 0 Å². The molecule has 2 aromatic carbocycles. The third kappa shape index (κ3) is 2.44. The van der Waals surface area contributed by atoms with Gasteiger partial charge in [0.25, 0.3) is 0 Å². The normalized spacial score (nSPS) is 23.0. The first kappa shape index (κ1) is 17.3. The molecule has 24 heavy (non-hydrogen) atoms. The van der Waals surface area contributed by atoms with E-state index in [1.54, 1.807) is 21.3 Å². The quantitative estimate of drug-likeness (QED) is 0.844. The summed E-state index contributed by atoms with van der Waals surface area (Å²) in [6.07, 6.45) is -1.26. The van der Waals surface area contributed by atoms with Gasteiger partial charge in [0, 0.05) is 27.1 Å². The molecule has 0 aliphatic carbocycles. The van der Waals surface area contributed by atoms with Gasteiger partial charge in [-0.2, -0.15) is 0 Å². The van der Waals surface area contributed by atoms with Gasteiger partial charge in [-0.15, -0.1) is 0 Å². The molecule has 1 aliphatic heterocycles. The predicted octanol–water partition coefficient (Wildman–Crippen LogP) is 4.14. The fraction of sp³-hybridized carbons (Fsp3) is 0.444. The number of rotatable bonds is 3. The van der Waals surface area contributed by atoms with Crippen LogP contribution in [0.15, 0.2) is 16.6 Å². The minimum Gasteiger partial charge on any atom is -0.497 e. The molecule has 2 aromatic rings. The molecule has 0 unspecified atom stereocenters. The van der Waals surface area contributed by atoms with Crippen LogP contribution >= 0.6 is 15.9 Å². The zero-order valence-electron chi connectivity index (χ0n) is 14.3. The van der Waals surface area contributed by atoms with Crippen LogP contribution in [-0.2, 0) is 4.74 Å². The number of fused-ring (bicyclic) bond motifs is 2. The molecule has 1 N–H and O–H groups in total. The minimum atomic E-state index is -0.749. The average Bonchev–Trinajstić information content (AvgIpc) is 2.58. The molecule has 5 nitrogen and oxygen atoms in total. The van der Waals surface area contributed by atoms with Crippen LogP contribution in [0.25, 0.3) is 10.8 Å². The van der Waals surface area contributed by atoms with E-state index in [9.17, 15) is 5.11 Å². The van der Waals surface area contributed by atoms with Crippen LogP contribution in [0, 0.1) is 0 Å². The fourth-order valence-electron chi connectivity index (χ4n) is 3.40. The number of methoxy groups -OCH3 is 3. The lowest BCUT2D eigenvalue weighted by atomic mass is 9.88. The smallest absolute Gasteiger partial charge is 0.136 e. The lowest BCUT2D eigenvalue weighted by Gasteiger charge is -2.35. The maximum Gasteiger partial charge on any atom is 0.136 e. The van der Waals surface area contributed by atoms with Crippen LogP contribution in [-0.4, -0.2) is 32.5 Å².